The molecule has 6 aromatic carbocycles. The van der Waals surface area contributed by atoms with Gasteiger partial charge in [-0.05, 0) is 69.8 Å². The quantitative estimate of drug-likeness (QED) is 0.191. The van der Waals surface area contributed by atoms with Gasteiger partial charge in [0.2, 0.25) is 0 Å². The lowest BCUT2D eigenvalue weighted by Gasteiger charge is -2.13. The molecular formula is C42H30N2. The van der Waals surface area contributed by atoms with Crippen LogP contribution in [0.2, 0.25) is 0 Å². The first kappa shape index (κ1) is 25.8. The van der Waals surface area contributed by atoms with E-state index < -0.39 is 0 Å². The summed E-state index contributed by atoms with van der Waals surface area (Å²) >= 11 is 0. The fraction of sp³-hybridized carbons (Fsp3) is 0. The molecule has 0 bridgehead atoms. The van der Waals surface area contributed by atoms with E-state index in [-0.39, 0.29) is 0 Å². The Morgan fingerprint density at radius 1 is 0.250 bits per heavy atom. The van der Waals surface area contributed by atoms with Crippen molar-refractivity contribution in [2.75, 3.05) is 0 Å². The largest absolute Gasteiger partial charge is 0.308 e. The molecule has 2 heterocycles. The van der Waals surface area contributed by atoms with E-state index in [9.17, 15) is 0 Å². The summed E-state index contributed by atoms with van der Waals surface area (Å²) in [5.74, 6) is 0. The van der Waals surface area contributed by atoms with Crippen LogP contribution in [0.1, 0.15) is 0 Å². The van der Waals surface area contributed by atoms with Gasteiger partial charge in [0, 0.05) is 11.4 Å². The smallest absolute Gasteiger partial charge is 0.0724 e. The van der Waals surface area contributed by atoms with Crippen molar-refractivity contribution < 1.29 is 0 Å². The number of benzene rings is 6. The van der Waals surface area contributed by atoms with E-state index in [1.807, 2.05) is 0 Å². The highest BCUT2D eigenvalue weighted by molar-refractivity contribution is 5.94. The molecule has 2 aromatic heterocycles. The standard InChI is InChI=1S/C42H30N2/c1-5-13-31(14-6-1)33-21-25-35(26-22-33)39-29-41-42(43(39)37-17-9-3-10-18-37)30-40(44(41)38-19-11-4-12-20-38)36-27-23-34(24-28-36)32-15-7-2-8-16-32/h1-30H. The van der Waals surface area contributed by atoms with E-state index in [2.05, 4.69) is 191 Å². The van der Waals surface area contributed by atoms with Crippen molar-refractivity contribution in [2.24, 2.45) is 0 Å². The number of fused-ring (bicyclic) bond motifs is 1. The van der Waals surface area contributed by atoms with Gasteiger partial charge in [-0.15, -0.1) is 0 Å². The number of hydrogen-bond donors (Lipinski definition) is 0. The van der Waals surface area contributed by atoms with E-state index in [1.165, 1.54) is 44.4 Å². The third-order valence-corrected chi connectivity index (χ3v) is 8.38. The van der Waals surface area contributed by atoms with Crippen LogP contribution in [-0.2, 0) is 0 Å². The second-order valence-corrected chi connectivity index (χ2v) is 11.1. The normalized spacial score (nSPS) is 11.2. The highest BCUT2D eigenvalue weighted by Gasteiger charge is 2.20. The predicted molar refractivity (Wildman–Crippen MR) is 184 cm³/mol. The molecule has 8 rings (SSSR count). The molecule has 0 N–H and O–H groups in total. The maximum Gasteiger partial charge on any atom is 0.0724 e. The molecule has 44 heavy (non-hydrogen) atoms. The monoisotopic (exact) mass is 562 g/mol. The molecule has 0 fully saturated rings. The molecule has 0 aliphatic rings. The molecule has 2 heteroatoms. The Kier molecular flexibility index (Phi) is 6.51. The Balaban J connectivity index is 1.33. The van der Waals surface area contributed by atoms with Crippen LogP contribution in [0.4, 0.5) is 0 Å². The number of para-hydroxylation sites is 2. The van der Waals surface area contributed by atoms with Gasteiger partial charge in [0.1, 0.15) is 0 Å². The molecule has 0 atom stereocenters. The Hall–Kier alpha value is -5.86. The first-order valence-electron chi connectivity index (χ1n) is 15.0. The van der Waals surface area contributed by atoms with Crippen LogP contribution < -0.4 is 0 Å². The van der Waals surface area contributed by atoms with E-state index in [0.717, 1.165) is 22.8 Å². The van der Waals surface area contributed by atoms with Gasteiger partial charge in [0.05, 0.1) is 22.4 Å². The molecule has 0 aliphatic heterocycles. The first-order valence-corrected chi connectivity index (χ1v) is 15.0. The fourth-order valence-electron chi connectivity index (χ4n) is 6.22. The van der Waals surface area contributed by atoms with Gasteiger partial charge in [-0.25, -0.2) is 0 Å². The van der Waals surface area contributed by atoms with Crippen LogP contribution in [0.3, 0.4) is 0 Å². The number of hydrogen-bond acceptors (Lipinski definition) is 0. The third kappa shape index (κ3) is 4.63. The van der Waals surface area contributed by atoms with E-state index in [4.69, 9.17) is 0 Å². The van der Waals surface area contributed by atoms with Gasteiger partial charge in [-0.3, -0.25) is 0 Å². The summed E-state index contributed by atoms with van der Waals surface area (Å²) in [6, 6.07) is 65.0. The molecule has 0 radical (unpaired) electrons. The topological polar surface area (TPSA) is 9.86 Å². The number of aromatic nitrogens is 2. The van der Waals surface area contributed by atoms with Crippen LogP contribution in [0.25, 0.3) is 67.2 Å². The van der Waals surface area contributed by atoms with E-state index in [0.29, 0.717) is 0 Å². The molecule has 2 nitrogen and oxygen atoms in total. The lowest BCUT2D eigenvalue weighted by molar-refractivity contribution is 1.13. The Labute approximate surface area is 257 Å². The fourth-order valence-corrected chi connectivity index (χ4v) is 6.22. The molecule has 208 valence electrons. The van der Waals surface area contributed by atoms with Crippen molar-refractivity contribution in [2.45, 2.75) is 0 Å². The minimum absolute atomic E-state index is 1.14. The molecule has 0 saturated carbocycles. The Morgan fingerprint density at radius 3 is 0.864 bits per heavy atom. The van der Waals surface area contributed by atoms with Crippen LogP contribution >= 0.6 is 0 Å². The van der Waals surface area contributed by atoms with Crippen molar-refractivity contribution in [3.8, 4) is 56.1 Å². The molecule has 0 unspecified atom stereocenters. The highest BCUT2D eigenvalue weighted by atomic mass is 15.1. The van der Waals surface area contributed by atoms with Crippen molar-refractivity contribution >= 4 is 11.0 Å². The van der Waals surface area contributed by atoms with Gasteiger partial charge < -0.3 is 9.13 Å². The Morgan fingerprint density at radius 2 is 0.523 bits per heavy atom. The van der Waals surface area contributed by atoms with E-state index in [1.54, 1.807) is 0 Å². The van der Waals surface area contributed by atoms with Gasteiger partial charge in [-0.1, -0.05) is 146 Å². The lowest BCUT2D eigenvalue weighted by Crippen LogP contribution is -1.96. The molecule has 0 saturated heterocycles. The van der Waals surface area contributed by atoms with Crippen LogP contribution in [0.15, 0.2) is 182 Å². The minimum atomic E-state index is 1.14. The van der Waals surface area contributed by atoms with Gasteiger partial charge in [0.25, 0.3) is 0 Å². The second kappa shape index (κ2) is 11.1. The van der Waals surface area contributed by atoms with Crippen molar-refractivity contribution in [1.29, 1.82) is 0 Å². The van der Waals surface area contributed by atoms with Crippen molar-refractivity contribution in [1.82, 2.24) is 9.13 Å². The summed E-state index contributed by atoms with van der Waals surface area (Å²) in [5, 5.41) is 0. The zero-order valence-corrected chi connectivity index (χ0v) is 24.2. The zero-order valence-electron chi connectivity index (χ0n) is 24.2. The minimum Gasteiger partial charge on any atom is -0.308 e. The van der Waals surface area contributed by atoms with Crippen molar-refractivity contribution in [3.05, 3.63) is 182 Å². The summed E-state index contributed by atoms with van der Waals surface area (Å²) in [7, 11) is 0. The Bertz CT molecular complexity index is 1990. The zero-order chi connectivity index (χ0) is 29.3. The van der Waals surface area contributed by atoms with Gasteiger partial charge in [0.15, 0.2) is 0 Å². The summed E-state index contributed by atoms with van der Waals surface area (Å²) in [6.07, 6.45) is 0. The summed E-state index contributed by atoms with van der Waals surface area (Å²) in [6.45, 7) is 0. The number of nitrogens with zero attached hydrogens (tertiary/aromatic N) is 2. The summed E-state index contributed by atoms with van der Waals surface area (Å²) < 4.78 is 4.79. The lowest BCUT2D eigenvalue weighted by atomic mass is 10.0. The molecule has 0 amide bonds. The first-order chi connectivity index (χ1) is 21.8. The van der Waals surface area contributed by atoms with Crippen LogP contribution in [-0.4, -0.2) is 9.13 Å². The van der Waals surface area contributed by atoms with Crippen LogP contribution in [0, 0.1) is 0 Å². The van der Waals surface area contributed by atoms with E-state index >= 15 is 0 Å². The maximum absolute atomic E-state index is 2.40. The molecule has 8 aromatic rings. The number of rotatable bonds is 6. The van der Waals surface area contributed by atoms with Gasteiger partial charge in [-0.2, -0.15) is 0 Å². The molecule has 0 spiro atoms. The SMILES string of the molecule is c1ccc(-c2ccc(-c3cc4c(cc(-c5ccc(-c6ccccc6)cc5)n4-c4ccccc4)n3-c3ccccc3)cc2)cc1. The second-order valence-electron chi connectivity index (χ2n) is 11.1. The summed E-state index contributed by atoms with van der Waals surface area (Å²) in [4.78, 5) is 0. The van der Waals surface area contributed by atoms with Crippen LogP contribution in [0.5, 0.6) is 0 Å². The predicted octanol–water partition coefficient (Wildman–Crippen LogP) is 11.1. The maximum atomic E-state index is 2.40. The average Bonchev–Trinajstić information content (AvgIpc) is 3.67. The highest BCUT2D eigenvalue weighted by Crippen LogP contribution is 2.39. The van der Waals surface area contributed by atoms with Crippen molar-refractivity contribution in [3.63, 3.8) is 0 Å². The van der Waals surface area contributed by atoms with Gasteiger partial charge >= 0.3 is 0 Å². The molecular weight excluding hydrogens is 532 g/mol. The third-order valence-electron chi connectivity index (χ3n) is 8.38. The summed E-state index contributed by atoms with van der Waals surface area (Å²) in [5.41, 5.74) is 14.2. The average molecular weight is 563 g/mol. The molecule has 0 aliphatic carbocycles.